The SMILES string of the molecule is C=C(C)Cn1nc(CCC)cc1C(=O)O. The van der Waals surface area contributed by atoms with E-state index >= 15 is 0 Å². The second-order valence-corrected chi connectivity index (χ2v) is 3.69. The van der Waals surface area contributed by atoms with Crippen LogP contribution in [0.4, 0.5) is 0 Å². The summed E-state index contributed by atoms with van der Waals surface area (Å²) in [4.78, 5) is 10.9. The molecule has 1 N–H and O–H groups in total. The van der Waals surface area contributed by atoms with Gasteiger partial charge in [-0.1, -0.05) is 25.5 Å². The quantitative estimate of drug-likeness (QED) is 0.754. The summed E-state index contributed by atoms with van der Waals surface area (Å²) < 4.78 is 1.50. The second-order valence-electron chi connectivity index (χ2n) is 3.69. The lowest BCUT2D eigenvalue weighted by molar-refractivity contribution is 0.0684. The van der Waals surface area contributed by atoms with E-state index in [9.17, 15) is 4.79 Å². The lowest BCUT2D eigenvalue weighted by atomic mass is 10.2. The van der Waals surface area contributed by atoms with Gasteiger partial charge in [-0.25, -0.2) is 4.79 Å². The van der Waals surface area contributed by atoms with Crippen LogP contribution in [-0.2, 0) is 13.0 Å². The number of carboxylic acids is 1. The topological polar surface area (TPSA) is 55.1 Å². The molecule has 1 aromatic rings. The number of carboxylic acid groups (broad SMARTS) is 1. The number of rotatable bonds is 5. The average Bonchev–Trinajstić information content (AvgIpc) is 2.47. The van der Waals surface area contributed by atoms with Crippen molar-refractivity contribution in [3.05, 3.63) is 29.6 Å². The van der Waals surface area contributed by atoms with E-state index in [0.717, 1.165) is 24.1 Å². The van der Waals surface area contributed by atoms with Crippen molar-refractivity contribution in [2.75, 3.05) is 0 Å². The van der Waals surface area contributed by atoms with Crippen molar-refractivity contribution in [3.8, 4) is 0 Å². The van der Waals surface area contributed by atoms with E-state index in [1.54, 1.807) is 6.07 Å². The summed E-state index contributed by atoms with van der Waals surface area (Å²) in [5.74, 6) is -0.939. The van der Waals surface area contributed by atoms with E-state index in [1.807, 2.05) is 13.8 Å². The predicted molar refractivity (Wildman–Crippen MR) is 58.0 cm³/mol. The van der Waals surface area contributed by atoms with Crippen LogP contribution < -0.4 is 0 Å². The first kappa shape index (κ1) is 11.5. The fourth-order valence-corrected chi connectivity index (χ4v) is 1.40. The third-order valence-electron chi connectivity index (χ3n) is 1.98. The highest BCUT2D eigenvalue weighted by atomic mass is 16.4. The molecule has 82 valence electrons. The molecule has 0 bridgehead atoms. The molecule has 0 saturated carbocycles. The lowest BCUT2D eigenvalue weighted by Gasteiger charge is -2.02. The van der Waals surface area contributed by atoms with Gasteiger partial charge in [0.15, 0.2) is 0 Å². The molecule has 1 heterocycles. The molecular weight excluding hydrogens is 192 g/mol. The molecule has 0 spiro atoms. The fraction of sp³-hybridized carbons (Fsp3) is 0.455. The molecule has 0 radical (unpaired) electrons. The highest BCUT2D eigenvalue weighted by Crippen LogP contribution is 2.08. The van der Waals surface area contributed by atoms with E-state index in [4.69, 9.17) is 5.11 Å². The highest BCUT2D eigenvalue weighted by Gasteiger charge is 2.13. The summed E-state index contributed by atoms with van der Waals surface area (Å²) in [5, 5.41) is 13.2. The maximum absolute atomic E-state index is 10.9. The van der Waals surface area contributed by atoms with E-state index < -0.39 is 5.97 Å². The van der Waals surface area contributed by atoms with E-state index in [0.29, 0.717) is 6.54 Å². The van der Waals surface area contributed by atoms with Gasteiger partial charge in [-0.05, 0) is 19.4 Å². The van der Waals surface area contributed by atoms with Gasteiger partial charge in [-0.15, -0.1) is 0 Å². The lowest BCUT2D eigenvalue weighted by Crippen LogP contribution is -2.10. The molecule has 4 heteroatoms. The Morgan fingerprint density at radius 3 is 2.80 bits per heavy atom. The third kappa shape index (κ3) is 2.94. The first-order valence-electron chi connectivity index (χ1n) is 4.99. The Morgan fingerprint density at radius 1 is 1.67 bits per heavy atom. The summed E-state index contributed by atoms with van der Waals surface area (Å²) in [6, 6.07) is 1.63. The van der Waals surface area contributed by atoms with Gasteiger partial charge in [0.05, 0.1) is 12.2 Å². The Bertz CT molecular complexity index is 380. The van der Waals surface area contributed by atoms with Crippen LogP contribution in [0.25, 0.3) is 0 Å². The van der Waals surface area contributed by atoms with Crippen LogP contribution in [0.15, 0.2) is 18.2 Å². The summed E-state index contributed by atoms with van der Waals surface area (Å²) in [6.45, 7) is 8.11. The Hall–Kier alpha value is -1.58. The summed E-state index contributed by atoms with van der Waals surface area (Å²) in [7, 11) is 0. The van der Waals surface area contributed by atoms with Crippen LogP contribution >= 0.6 is 0 Å². The van der Waals surface area contributed by atoms with Crippen LogP contribution in [0.3, 0.4) is 0 Å². The van der Waals surface area contributed by atoms with Crippen LogP contribution in [-0.4, -0.2) is 20.9 Å². The van der Waals surface area contributed by atoms with Gasteiger partial charge >= 0.3 is 5.97 Å². The number of aryl methyl sites for hydroxylation is 1. The van der Waals surface area contributed by atoms with Crippen LogP contribution in [0.5, 0.6) is 0 Å². The molecule has 0 aliphatic heterocycles. The van der Waals surface area contributed by atoms with Gasteiger partial charge in [-0.2, -0.15) is 5.10 Å². The standard InChI is InChI=1S/C11H16N2O2/c1-4-5-9-6-10(11(14)15)13(12-9)7-8(2)3/h6H,2,4-5,7H2,1,3H3,(H,14,15). The normalized spacial score (nSPS) is 10.3. The molecule has 4 nitrogen and oxygen atoms in total. The first-order valence-corrected chi connectivity index (χ1v) is 4.99. The fourth-order valence-electron chi connectivity index (χ4n) is 1.40. The van der Waals surface area contributed by atoms with Crippen molar-refractivity contribution in [2.24, 2.45) is 0 Å². The summed E-state index contributed by atoms with van der Waals surface area (Å²) in [5.41, 5.74) is 1.96. The molecule has 0 fully saturated rings. The van der Waals surface area contributed by atoms with Gasteiger partial charge in [0.2, 0.25) is 0 Å². The van der Waals surface area contributed by atoms with Gasteiger partial charge in [0, 0.05) is 0 Å². The largest absolute Gasteiger partial charge is 0.477 e. The molecule has 0 aliphatic carbocycles. The Morgan fingerprint density at radius 2 is 2.33 bits per heavy atom. The second kappa shape index (κ2) is 4.77. The monoisotopic (exact) mass is 208 g/mol. The number of hydrogen-bond donors (Lipinski definition) is 1. The highest BCUT2D eigenvalue weighted by molar-refractivity contribution is 5.85. The molecular formula is C11H16N2O2. The minimum absolute atomic E-state index is 0.237. The Kier molecular flexibility index (Phi) is 3.66. The number of hydrogen-bond acceptors (Lipinski definition) is 2. The van der Waals surface area contributed by atoms with Gasteiger partial charge < -0.3 is 5.11 Å². The first-order chi connectivity index (χ1) is 7.04. The molecule has 0 unspecified atom stereocenters. The maximum Gasteiger partial charge on any atom is 0.354 e. The molecule has 0 aliphatic rings. The zero-order chi connectivity index (χ0) is 11.4. The predicted octanol–water partition coefficient (Wildman–Crippen LogP) is 2.11. The molecule has 1 aromatic heterocycles. The minimum Gasteiger partial charge on any atom is -0.477 e. The van der Waals surface area contributed by atoms with Crippen LogP contribution in [0.1, 0.15) is 36.5 Å². The van der Waals surface area contributed by atoms with Crippen molar-refractivity contribution in [1.29, 1.82) is 0 Å². The Labute approximate surface area is 89.2 Å². The molecule has 0 saturated heterocycles. The van der Waals surface area contributed by atoms with Crippen molar-refractivity contribution in [3.63, 3.8) is 0 Å². The zero-order valence-corrected chi connectivity index (χ0v) is 9.16. The van der Waals surface area contributed by atoms with Crippen molar-refractivity contribution in [1.82, 2.24) is 9.78 Å². The summed E-state index contributed by atoms with van der Waals surface area (Å²) >= 11 is 0. The van der Waals surface area contributed by atoms with E-state index in [1.165, 1.54) is 4.68 Å². The minimum atomic E-state index is -0.939. The molecule has 0 amide bonds. The van der Waals surface area contributed by atoms with Crippen LogP contribution in [0.2, 0.25) is 0 Å². The van der Waals surface area contributed by atoms with Crippen molar-refractivity contribution in [2.45, 2.75) is 33.2 Å². The average molecular weight is 208 g/mol. The maximum atomic E-state index is 10.9. The Balaban J connectivity index is 3.00. The third-order valence-corrected chi connectivity index (χ3v) is 1.98. The number of aromatic carboxylic acids is 1. The molecule has 0 aromatic carbocycles. The van der Waals surface area contributed by atoms with Gasteiger partial charge in [-0.3, -0.25) is 4.68 Å². The van der Waals surface area contributed by atoms with E-state index in [2.05, 4.69) is 11.7 Å². The number of nitrogens with zero attached hydrogens (tertiary/aromatic N) is 2. The van der Waals surface area contributed by atoms with Crippen molar-refractivity contribution < 1.29 is 9.90 Å². The smallest absolute Gasteiger partial charge is 0.354 e. The zero-order valence-electron chi connectivity index (χ0n) is 9.16. The van der Waals surface area contributed by atoms with Crippen molar-refractivity contribution >= 4 is 5.97 Å². The molecule has 15 heavy (non-hydrogen) atoms. The molecule has 0 atom stereocenters. The summed E-state index contributed by atoms with van der Waals surface area (Å²) in [6.07, 6.45) is 1.77. The number of aromatic nitrogens is 2. The van der Waals surface area contributed by atoms with E-state index in [-0.39, 0.29) is 5.69 Å². The van der Waals surface area contributed by atoms with Gasteiger partial charge in [0.25, 0.3) is 0 Å². The van der Waals surface area contributed by atoms with Gasteiger partial charge in [0.1, 0.15) is 5.69 Å². The number of carbonyl (C=O) groups is 1. The molecule has 1 rings (SSSR count). The number of allylic oxidation sites excluding steroid dienone is 1. The van der Waals surface area contributed by atoms with Crippen LogP contribution in [0, 0.1) is 0 Å².